The van der Waals surface area contributed by atoms with Gasteiger partial charge in [-0.25, -0.2) is 27.5 Å². The SMILES string of the molecule is COC(=O)c1sccc1S(=O)(=O)NC(=O)Nc1nc(C)[nH]c(=O)n1. The van der Waals surface area contributed by atoms with Crippen LogP contribution in [0.2, 0.25) is 0 Å². The Morgan fingerprint density at radius 3 is 2.67 bits per heavy atom. The number of aromatic amines is 1. The molecule has 2 aromatic heterocycles. The number of sulfonamides is 1. The molecule has 2 rings (SSSR count). The number of carbonyl (C=O) groups is 2. The number of aromatic nitrogens is 3. The molecule has 2 aromatic rings. The maximum Gasteiger partial charge on any atom is 0.349 e. The highest BCUT2D eigenvalue weighted by molar-refractivity contribution is 7.90. The monoisotopic (exact) mass is 373 g/mol. The molecule has 0 saturated carbocycles. The molecule has 0 aliphatic rings. The van der Waals surface area contributed by atoms with E-state index in [0.29, 0.717) is 0 Å². The Kier molecular flexibility index (Phi) is 4.94. The van der Waals surface area contributed by atoms with Crippen LogP contribution in [0.15, 0.2) is 21.1 Å². The summed E-state index contributed by atoms with van der Waals surface area (Å²) in [6.07, 6.45) is 0. The summed E-state index contributed by atoms with van der Waals surface area (Å²) >= 11 is 0.849. The summed E-state index contributed by atoms with van der Waals surface area (Å²) in [4.78, 5) is 43.3. The molecule has 3 N–H and O–H groups in total. The molecule has 0 fully saturated rings. The second-order valence-electron chi connectivity index (χ2n) is 4.23. The molecule has 0 aromatic carbocycles. The van der Waals surface area contributed by atoms with Crippen LogP contribution in [0.1, 0.15) is 15.5 Å². The van der Waals surface area contributed by atoms with Gasteiger partial charge >= 0.3 is 17.7 Å². The largest absolute Gasteiger partial charge is 0.465 e. The fourth-order valence-electron chi connectivity index (χ4n) is 1.60. The van der Waals surface area contributed by atoms with Crippen LogP contribution in [-0.2, 0) is 14.8 Å². The van der Waals surface area contributed by atoms with Gasteiger partial charge in [-0.3, -0.25) is 10.3 Å². The lowest BCUT2D eigenvalue weighted by Crippen LogP contribution is -2.36. The Labute approximate surface area is 139 Å². The summed E-state index contributed by atoms with van der Waals surface area (Å²) in [5.41, 5.74) is -0.758. The van der Waals surface area contributed by atoms with E-state index >= 15 is 0 Å². The van der Waals surface area contributed by atoms with Crippen LogP contribution >= 0.6 is 11.3 Å². The molecule has 2 heterocycles. The van der Waals surface area contributed by atoms with E-state index in [4.69, 9.17) is 0 Å². The Morgan fingerprint density at radius 1 is 1.33 bits per heavy atom. The standard InChI is InChI=1S/C11H11N5O6S2/c1-5-12-9(14-10(18)13-5)15-11(19)16-24(20,21)6-3-4-23-7(6)8(17)22-2/h3-4H,1-2H3,(H3,12,13,14,15,16,18,19). The topological polar surface area (TPSA) is 160 Å². The zero-order chi connectivity index (χ0) is 17.9. The molecule has 128 valence electrons. The number of anilines is 1. The predicted molar refractivity (Wildman–Crippen MR) is 82.4 cm³/mol. The van der Waals surface area contributed by atoms with E-state index in [9.17, 15) is 22.8 Å². The van der Waals surface area contributed by atoms with Crippen molar-refractivity contribution in [2.24, 2.45) is 0 Å². The van der Waals surface area contributed by atoms with Crippen LogP contribution in [0.25, 0.3) is 0 Å². The summed E-state index contributed by atoms with van der Waals surface area (Å²) < 4.78 is 30.5. The lowest BCUT2D eigenvalue weighted by Gasteiger charge is -2.08. The first-order chi connectivity index (χ1) is 11.2. The van der Waals surface area contributed by atoms with E-state index in [0.717, 1.165) is 24.5 Å². The highest BCUT2D eigenvalue weighted by atomic mass is 32.2. The molecule has 0 unspecified atom stereocenters. The van der Waals surface area contributed by atoms with Crippen molar-refractivity contribution >= 4 is 39.3 Å². The van der Waals surface area contributed by atoms with Crippen LogP contribution in [0.5, 0.6) is 0 Å². The number of nitrogens with zero attached hydrogens (tertiary/aromatic N) is 2. The number of urea groups is 1. The number of hydrogen-bond acceptors (Lipinski definition) is 9. The number of aryl methyl sites for hydroxylation is 1. The molecule has 0 aliphatic heterocycles. The molecule has 2 amide bonds. The Morgan fingerprint density at radius 2 is 2.04 bits per heavy atom. The van der Waals surface area contributed by atoms with Gasteiger partial charge in [-0.2, -0.15) is 9.97 Å². The first-order valence-corrected chi connectivity index (χ1v) is 8.54. The predicted octanol–water partition coefficient (Wildman–Crippen LogP) is -0.168. The van der Waals surface area contributed by atoms with Gasteiger partial charge in [0.2, 0.25) is 5.95 Å². The number of amides is 2. The highest BCUT2D eigenvalue weighted by Gasteiger charge is 2.26. The highest BCUT2D eigenvalue weighted by Crippen LogP contribution is 2.22. The summed E-state index contributed by atoms with van der Waals surface area (Å²) in [6.45, 7) is 1.46. The fraction of sp³-hybridized carbons (Fsp3) is 0.182. The average Bonchev–Trinajstić information content (AvgIpc) is 2.94. The van der Waals surface area contributed by atoms with Crippen LogP contribution in [0, 0.1) is 6.92 Å². The van der Waals surface area contributed by atoms with Gasteiger partial charge in [-0.1, -0.05) is 0 Å². The molecule has 0 saturated heterocycles. The van der Waals surface area contributed by atoms with Crippen molar-refractivity contribution < 1.29 is 22.7 Å². The summed E-state index contributed by atoms with van der Waals surface area (Å²) in [7, 11) is -3.23. The normalized spacial score (nSPS) is 10.9. The quantitative estimate of drug-likeness (QED) is 0.623. The number of ether oxygens (including phenoxy) is 1. The van der Waals surface area contributed by atoms with E-state index in [1.807, 2.05) is 5.32 Å². The van der Waals surface area contributed by atoms with Crippen LogP contribution in [0.3, 0.4) is 0 Å². The summed E-state index contributed by atoms with van der Waals surface area (Å²) in [5, 5.41) is 3.38. The number of esters is 1. The Hall–Kier alpha value is -2.80. The molecular weight excluding hydrogens is 362 g/mol. The second-order valence-corrected chi connectivity index (χ2v) is 6.79. The van der Waals surface area contributed by atoms with Gasteiger partial charge < -0.3 is 4.74 Å². The van der Waals surface area contributed by atoms with Gasteiger partial charge in [0.15, 0.2) is 0 Å². The van der Waals surface area contributed by atoms with E-state index in [1.54, 1.807) is 4.72 Å². The maximum atomic E-state index is 12.2. The fourth-order valence-corrected chi connectivity index (χ4v) is 3.84. The third-order valence-electron chi connectivity index (χ3n) is 2.51. The molecule has 0 atom stereocenters. The molecule has 0 spiro atoms. The van der Waals surface area contributed by atoms with Crippen LogP contribution < -0.4 is 15.7 Å². The Balaban J connectivity index is 2.20. The number of H-pyrrole nitrogens is 1. The van der Waals surface area contributed by atoms with E-state index in [1.165, 1.54) is 12.3 Å². The summed E-state index contributed by atoms with van der Waals surface area (Å²) in [6, 6.07) is -0.0394. The molecule has 11 nitrogen and oxygen atoms in total. The molecular formula is C11H11N5O6S2. The molecule has 0 radical (unpaired) electrons. The summed E-state index contributed by atoms with van der Waals surface area (Å²) in [5.74, 6) is -1.04. The van der Waals surface area contributed by atoms with E-state index < -0.39 is 32.6 Å². The number of rotatable bonds is 4. The van der Waals surface area contributed by atoms with Gasteiger partial charge in [0.05, 0.1) is 7.11 Å². The van der Waals surface area contributed by atoms with Gasteiger partial charge in [0.25, 0.3) is 10.0 Å². The molecule has 0 aliphatic carbocycles. The van der Waals surface area contributed by atoms with Crippen molar-refractivity contribution in [1.29, 1.82) is 0 Å². The minimum atomic E-state index is -4.34. The van der Waals surface area contributed by atoms with Crippen molar-refractivity contribution in [1.82, 2.24) is 19.7 Å². The van der Waals surface area contributed by atoms with Crippen LogP contribution in [0.4, 0.5) is 10.7 Å². The number of hydrogen-bond donors (Lipinski definition) is 3. The zero-order valence-electron chi connectivity index (χ0n) is 12.3. The lowest BCUT2D eigenvalue weighted by atomic mass is 10.5. The Bertz CT molecular complexity index is 948. The van der Waals surface area contributed by atoms with E-state index in [-0.39, 0.29) is 16.6 Å². The first kappa shape index (κ1) is 17.6. The van der Waals surface area contributed by atoms with Gasteiger partial charge in [-0.05, 0) is 18.4 Å². The van der Waals surface area contributed by atoms with Gasteiger partial charge in [0, 0.05) is 0 Å². The first-order valence-electron chi connectivity index (χ1n) is 6.17. The van der Waals surface area contributed by atoms with Crippen molar-refractivity contribution in [2.45, 2.75) is 11.8 Å². The number of nitrogens with one attached hydrogen (secondary N) is 3. The van der Waals surface area contributed by atoms with Crippen molar-refractivity contribution in [3.63, 3.8) is 0 Å². The third kappa shape index (κ3) is 3.94. The molecule has 0 bridgehead atoms. The van der Waals surface area contributed by atoms with Crippen molar-refractivity contribution in [2.75, 3.05) is 12.4 Å². The van der Waals surface area contributed by atoms with E-state index in [2.05, 4.69) is 19.7 Å². The van der Waals surface area contributed by atoms with Crippen molar-refractivity contribution in [3.8, 4) is 0 Å². The van der Waals surface area contributed by atoms with Gasteiger partial charge in [-0.15, -0.1) is 11.3 Å². The zero-order valence-corrected chi connectivity index (χ0v) is 13.9. The third-order valence-corrected chi connectivity index (χ3v) is 4.91. The van der Waals surface area contributed by atoms with Gasteiger partial charge in [0.1, 0.15) is 15.6 Å². The molecule has 13 heteroatoms. The van der Waals surface area contributed by atoms with Crippen molar-refractivity contribution in [3.05, 3.63) is 32.6 Å². The maximum absolute atomic E-state index is 12.2. The molecule has 24 heavy (non-hydrogen) atoms. The lowest BCUT2D eigenvalue weighted by molar-refractivity contribution is 0.0602. The second kappa shape index (κ2) is 6.76. The average molecular weight is 373 g/mol. The number of thiophene rings is 1. The van der Waals surface area contributed by atoms with Crippen LogP contribution in [-0.4, -0.2) is 42.5 Å². The smallest absolute Gasteiger partial charge is 0.349 e. The minimum Gasteiger partial charge on any atom is -0.465 e. The number of methoxy groups -OCH3 is 1. The number of carbonyl (C=O) groups excluding carboxylic acids is 2. The minimum absolute atomic E-state index is 0.180.